The van der Waals surface area contributed by atoms with Crippen molar-refractivity contribution in [2.45, 2.75) is 13.0 Å². The molecule has 1 saturated heterocycles. The normalized spacial score (nSPS) is 15.4. The summed E-state index contributed by atoms with van der Waals surface area (Å²) in [6.07, 6.45) is 3.22. The standard InChI is InChI=1S/C10H14BrN3/c1-12-6-8-5-9(11)10(13-7-8)14-3-2-4-14/h5,7,12H,2-4,6H2,1H3. The molecule has 0 saturated carbocycles. The van der Waals surface area contributed by atoms with Gasteiger partial charge < -0.3 is 10.2 Å². The van der Waals surface area contributed by atoms with Crippen LogP contribution in [-0.2, 0) is 6.54 Å². The van der Waals surface area contributed by atoms with Crippen molar-refractivity contribution in [1.29, 1.82) is 0 Å². The molecule has 0 atom stereocenters. The maximum atomic E-state index is 4.46. The van der Waals surface area contributed by atoms with E-state index < -0.39 is 0 Å². The van der Waals surface area contributed by atoms with Gasteiger partial charge in [0, 0.05) is 25.8 Å². The van der Waals surface area contributed by atoms with Gasteiger partial charge in [0.2, 0.25) is 0 Å². The maximum Gasteiger partial charge on any atom is 0.142 e. The lowest BCUT2D eigenvalue weighted by Crippen LogP contribution is -2.37. The Morgan fingerprint density at radius 3 is 2.86 bits per heavy atom. The Hall–Kier alpha value is -0.610. The van der Waals surface area contributed by atoms with Gasteiger partial charge in [-0.15, -0.1) is 0 Å². The largest absolute Gasteiger partial charge is 0.356 e. The predicted molar refractivity (Wildman–Crippen MR) is 61.5 cm³/mol. The zero-order chi connectivity index (χ0) is 9.97. The van der Waals surface area contributed by atoms with Gasteiger partial charge in [-0.25, -0.2) is 4.98 Å². The lowest BCUT2D eigenvalue weighted by atomic mass is 10.2. The summed E-state index contributed by atoms with van der Waals surface area (Å²) in [4.78, 5) is 6.74. The summed E-state index contributed by atoms with van der Waals surface area (Å²) in [5, 5.41) is 3.11. The van der Waals surface area contributed by atoms with Crippen LogP contribution < -0.4 is 10.2 Å². The Balaban J connectivity index is 2.17. The predicted octanol–water partition coefficient (Wildman–Crippen LogP) is 1.77. The number of nitrogens with zero attached hydrogens (tertiary/aromatic N) is 2. The van der Waals surface area contributed by atoms with Crippen LogP contribution in [0.3, 0.4) is 0 Å². The van der Waals surface area contributed by atoms with Gasteiger partial charge in [-0.1, -0.05) is 0 Å². The van der Waals surface area contributed by atoms with Crippen molar-refractivity contribution in [2.24, 2.45) is 0 Å². The molecule has 0 radical (unpaired) electrons. The smallest absolute Gasteiger partial charge is 0.142 e. The number of nitrogens with one attached hydrogen (secondary N) is 1. The first kappa shape index (κ1) is 9.93. The van der Waals surface area contributed by atoms with E-state index in [0.717, 1.165) is 29.9 Å². The third-order valence-electron chi connectivity index (χ3n) is 2.41. The van der Waals surface area contributed by atoms with Crippen molar-refractivity contribution in [1.82, 2.24) is 10.3 Å². The first-order valence-electron chi connectivity index (χ1n) is 4.85. The molecule has 0 bridgehead atoms. The van der Waals surface area contributed by atoms with Gasteiger partial charge in [-0.3, -0.25) is 0 Å². The summed E-state index contributed by atoms with van der Waals surface area (Å²) in [5.74, 6) is 1.08. The van der Waals surface area contributed by atoms with E-state index in [0.29, 0.717) is 0 Å². The van der Waals surface area contributed by atoms with Crippen LogP contribution in [0.15, 0.2) is 16.7 Å². The molecule has 0 aromatic carbocycles. The van der Waals surface area contributed by atoms with E-state index in [1.807, 2.05) is 13.2 Å². The van der Waals surface area contributed by atoms with Crippen LogP contribution in [0.5, 0.6) is 0 Å². The Labute approximate surface area is 92.6 Å². The van der Waals surface area contributed by atoms with Crippen LogP contribution in [0, 0.1) is 0 Å². The van der Waals surface area contributed by atoms with Crippen LogP contribution >= 0.6 is 15.9 Å². The van der Waals surface area contributed by atoms with Crippen molar-refractivity contribution < 1.29 is 0 Å². The lowest BCUT2D eigenvalue weighted by molar-refractivity contribution is 0.608. The van der Waals surface area contributed by atoms with E-state index in [2.05, 4.69) is 37.2 Å². The molecule has 4 heteroatoms. The molecule has 1 N–H and O–H groups in total. The minimum atomic E-state index is 0.867. The van der Waals surface area contributed by atoms with Gasteiger partial charge in [0.25, 0.3) is 0 Å². The minimum Gasteiger partial charge on any atom is -0.356 e. The fraction of sp³-hybridized carbons (Fsp3) is 0.500. The van der Waals surface area contributed by atoms with E-state index in [1.165, 1.54) is 12.0 Å². The Morgan fingerprint density at radius 2 is 2.36 bits per heavy atom. The molecule has 0 spiro atoms. The van der Waals surface area contributed by atoms with E-state index in [1.54, 1.807) is 0 Å². The molecular weight excluding hydrogens is 242 g/mol. The second-order valence-electron chi connectivity index (χ2n) is 3.52. The molecule has 14 heavy (non-hydrogen) atoms. The molecule has 1 fully saturated rings. The van der Waals surface area contributed by atoms with E-state index in [4.69, 9.17) is 0 Å². The first-order valence-corrected chi connectivity index (χ1v) is 5.64. The van der Waals surface area contributed by atoms with Gasteiger partial charge in [-0.05, 0) is 41.0 Å². The third-order valence-corrected chi connectivity index (χ3v) is 3.00. The number of anilines is 1. The van der Waals surface area contributed by atoms with Crippen molar-refractivity contribution in [2.75, 3.05) is 25.0 Å². The summed E-state index contributed by atoms with van der Waals surface area (Å²) in [7, 11) is 1.94. The van der Waals surface area contributed by atoms with Crippen LogP contribution in [0.2, 0.25) is 0 Å². The zero-order valence-corrected chi connectivity index (χ0v) is 9.84. The average Bonchev–Trinajstić information content (AvgIpc) is 2.07. The Kier molecular flexibility index (Phi) is 3.03. The molecule has 1 aromatic rings. The van der Waals surface area contributed by atoms with Crippen molar-refractivity contribution in [3.8, 4) is 0 Å². The second-order valence-corrected chi connectivity index (χ2v) is 4.37. The molecule has 1 aliphatic rings. The number of hydrogen-bond acceptors (Lipinski definition) is 3. The highest BCUT2D eigenvalue weighted by molar-refractivity contribution is 9.10. The molecule has 3 nitrogen and oxygen atoms in total. The minimum absolute atomic E-state index is 0.867. The average molecular weight is 256 g/mol. The van der Waals surface area contributed by atoms with E-state index >= 15 is 0 Å². The molecule has 1 aliphatic heterocycles. The van der Waals surface area contributed by atoms with Gasteiger partial charge in [0.1, 0.15) is 5.82 Å². The highest BCUT2D eigenvalue weighted by Crippen LogP contribution is 2.27. The van der Waals surface area contributed by atoms with Crippen LogP contribution in [-0.4, -0.2) is 25.1 Å². The molecule has 0 unspecified atom stereocenters. The maximum absolute atomic E-state index is 4.46. The Bertz CT molecular complexity index is 323. The summed E-state index contributed by atoms with van der Waals surface area (Å²) in [5.41, 5.74) is 1.21. The highest BCUT2D eigenvalue weighted by atomic mass is 79.9. The van der Waals surface area contributed by atoms with E-state index in [9.17, 15) is 0 Å². The van der Waals surface area contributed by atoms with Crippen LogP contribution in [0.4, 0.5) is 5.82 Å². The number of pyridine rings is 1. The van der Waals surface area contributed by atoms with Crippen LogP contribution in [0.25, 0.3) is 0 Å². The topological polar surface area (TPSA) is 28.2 Å². The number of hydrogen-bond donors (Lipinski definition) is 1. The monoisotopic (exact) mass is 255 g/mol. The summed E-state index contributed by atoms with van der Waals surface area (Å²) in [6, 6.07) is 2.14. The quantitative estimate of drug-likeness (QED) is 0.893. The summed E-state index contributed by atoms with van der Waals surface area (Å²) >= 11 is 3.56. The summed E-state index contributed by atoms with van der Waals surface area (Å²) < 4.78 is 1.10. The Morgan fingerprint density at radius 1 is 1.57 bits per heavy atom. The molecule has 0 amide bonds. The fourth-order valence-electron chi connectivity index (χ4n) is 1.53. The molecule has 76 valence electrons. The molecule has 1 aromatic heterocycles. The SMILES string of the molecule is CNCc1cnc(N2CCC2)c(Br)c1. The molecular formula is C10H14BrN3. The fourth-order valence-corrected chi connectivity index (χ4v) is 2.18. The first-order chi connectivity index (χ1) is 6.81. The number of halogens is 1. The van der Waals surface area contributed by atoms with Crippen molar-refractivity contribution in [3.05, 3.63) is 22.3 Å². The van der Waals surface area contributed by atoms with Gasteiger partial charge in [0.05, 0.1) is 4.47 Å². The summed E-state index contributed by atoms with van der Waals surface area (Å²) in [6.45, 7) is 3.14. The molecule has 2 heterocycles. The van der Waals surface area contributed by atoms with Gasteiger partial charge in [0.15, 0.2) is 0 Å². The molecule has 2 rings (SSSR count). The molecule has 0 aliphatic carbocycles. The van der Waals surface area contributed by atoms with Crippen molar-refractivity contribution >= 4 is 21.7 Å². The lowest BCUT2D eigenvalue weighted by Gasteiger charge is -2.32. The number of rotatable bonds is 3. The van der Waals surface area contributed by atoms with Gasteiger partial charge >= 0.3 is 0 Å². The third kappa shape index (κ3) is 1.91. The highest BCUT2D eigenvalue weighted by Gasteiger charge is 2.18. The van der Waals surface area contributed by atoms with E-state index in [-0.39, 0.29) is 0 Å². The van der Waals surface area contributed by atoms with Crippen molar-refractivity contribution in [3.63, 3.8) is 0 Å². The van der Waals surface area contributed by atoms with Gasteiger partial charge in [-0.2, -0.15) is 0 Å². The zero-order valence-electron chi connectivity index (χ0n) is 8.26. The number of aromatic nitrogens is 1. The van der Waals surface area contributed by atoms with Crippen LogP contribution in [0.1, 0.15) is 12.0 Å². The second kappa shape index (κ2) is 4.28.